The van der Waals surface area contributed by atoms with Gasteiger partial charge in [-0.15, -0.1) is 0 Å². The first-order valence-electron chi connectivity index (χ1n) is 4.69. The Hall–Kier alpha value is -1.36. The van der Waals surface area contributed by atoms with Crippen LogP contribution in [0, 0.1) is 0 Å². The van der Waals surface area contributed by atoms with E-state index < -0.39 is 5.97 Å². The van der Waals surface area contributed by atoms with Crippen molar-refractivity contribution in [2.45, 2.75) is 26.9 Å². The van der Waals surface area contributed by atoms with Gasteiger partial charge in [-0.25, -0.2) is 9.78 Å². The first-order chi connectivity index (χ1) is 6.70. The van der Waals surface area contributed by atoms with Crippen LogP contribution in [-0.2, 0) is 13.1 Å². The van der Waals surface area contributed by atoms with Gasteiger partial charge in [0.25, 0.3) is 0 Å². The molecule has 0 unspecified atom stereocenters. The summed E-state index contributed by atoms with van der Waals surface area (Å²) < 4.78 is 1.70. The normalized spacial score (nSPS) is 10.4. The molecule has 0 fully saturated rings. The van der Waals surface area contributed by atoms with Gasteiger partial charge in [-0.3, -0.25) is 0 Å². The molecule has 0 atom stereocenters. The van der Waals surface area contributed by atoms with Gasteiger partial charge >= 0.3 is 5.97 Å². The number of hydrogen-bond acceptors (Lipinski definition) is 3. The number of imidazole rings is 1. The highest BCUT2D eigenvalue weighted by Crippen LogP contribution is 2.05. The Morgan fingerprint density at radius 2 is 2.36 bits per heavy atom. The van der Waals surface area contributed by atoms with Crippen LogP contribution in [0.3, 0.4) is 0 Å². The summed E-state index contributed by atoms with van der Waals surface area (Å²) in [6, 6.07) is 0. The van der Waals surface area contributed by atoms with E-state index in [0.717, 1.165) is 12.4 Å². The van der Waals surface area contributed by atoms with Gasteiger partial charge in [0.2, 0.25) is 0 Å². The maximum atomic E-state index is 10.8. The Morgan fingerprint density at radius 3 is 2.86 bits per heavy atom. The molecule has 0 radical (unpaired) electrons. The summed E-state index contributed by atoms with van der Waals surface area (Å²) in [6.45, 7) is 5.99. The summed E-state index contributed by atoms with van der Waals surface area (Å²) in [5, 5.41) is 12.0. The minimum atomic E-state index is -0.929. The first-order valence-corrected chi connectivity index (χ1v) is 4.69. The van der Waals surface area contributed by atoms with Crippen LogP contribution in [-0.4, -0.2) is 27.2 Å². The average molecular weight is 197 g/mol. The van der Waals surface area contributed by atoms with Crippen molar-refractivity contribution >= 4 is 5.97 Å². The lowest BCUT2D eigenvalue weighted by Gasteiger charge is -2.06. The van der Waals surface area contributed by atoms with Gasteiger partial charge in [-0.1, -0.05) is 6.92 Å². The second-order valence-corrected chi connectivity index (χ2v) is 2.89. The molecular formula is C9H15N3O2. The van der Waals surface area contributed by atoms with E-state index in [9.17, 15) is 4.79 Å². The molecule has 0 aliphatic rings. The zero-order chi connectivity index (χ0) is 10.6. The second kappa shape index (κ2) is 4.76. The van der Waals surface area contributed by atoms with Gasteiger partial charge < -0.3 is 15.0 Å². The Labute approximate surface area is 82.8 Å². The molecule has 2 N–H and O–H groups in total. The van der Waals surface area contributed by atoms with E-state index in [4.69, 9.17) is 5.11 Å². The molecule has 0 aromatic carbocycles. The third kappa shape index (κ3) is 2.11. The number of aromatic carboxylic acids is 1. The van der Waals surface area contributed by atoms with Gasteiger partial charge in [-0.05, 0) is 13.5 Å². The van der Waals surface area contributed by atoms with Crippen LogP contribution in [0.25, 0.3) is 0 Å². The maximum Gasteiger partial charge on any atom is 0.354 e. The smallest absolute Gasteiger partial charge is 0.354 e. The highest BCUT2D eigenvalue weighted by atomic mass is 16.4. The molecule has 1 rings (SSSR count). The fourth-order valence-electron chi connectivity index (χ4n) is 1.32. The lowest BCUT2D eigenvalue weighted by atomic mass is 10.4. The van der Waals surface area contributed by atoms with Gasteiger partial charge in [0.1, 0.15) is 11.5 Å². The first kappa shape index (κ1) is 10.7. The van der Waals surface area contributed by atoms with Crippen molar-refractivity contribution in [2.75, 3.05) is 6.54 Å². The zero-order valence-corrected chi connectivity index (χ0v) is 8.45. The predicted octanol–water partition coefficient (Wildman–Crippen LogP) is 0.711. The molecule has 0 amide bonds. The summed E-state index contributed by atoms with van der Waals surface area (Å²) in [5.74, 6) is -0.158. The highest BCUT2D eigenvalue weighted by molar-refractivity contribution is 5.85. The Bertz CT molecular complexity index is 320. The molecule has 0 bridgehead atoms. The molecule has 5 nitrogen and oxygen atoms in total. The Morgan fingerprint density at radius 1 is 1.64 bits per heavy atom. The Balaban J connectivity index is 2.89. The summed E-state index contributed by atoms with van der Waals surface area (Å²) >= 11 is 0. The lowest BCUT2D eigenvalue weighted by molar-refractivity contribution is 0.0685. The molecule has 78 valence electrons. The van der Waals surface area contributed by atoms with Crippen LogP contribution in [0.2, 0.25) is 0 Å². The molecular weight excluding hydrogens is 182 g/mol. The second-order valence-electron chi connectivity index (χ2n) is 2.89. The molecule has 0 aliphatic carbocycles. The van der Waals surface area contributed by atoms with Crippen LogP contribution in [0.1, 0.15) is 30.2 Å². The van der Waals surface area contributed by atoms with E-state index in [1.54, 1.807) is 4.57 Å². The van der Waals surface area contributed by atoms with E-state index in [2.05, 4.69) is 10.3 Å². The minimum absolute atomic E-state index is 0.250. The van der Waals surface area contributed by atoms with Crippen LogP contribution < -0.4 is 5.32 Å². The van der Waals surface area contributed by atoms with Crippen LogP contribution in [0.5, 0.6) is 0 Å². The number of hydrogen-bond donors (Lipinski definition) is 2. The van der Waals surface area contributed by atoms with Gasteiger partial charge in [-0.2, -0.15) is 0 Å². The van der Waals surface area contributed by atoms with Gasteiger partial charge in [0, 0.05) is 6.54 Å². The van der Waals surface area contributed by atoms with Crippen molar-refractivity contribution in [3.8, 4) is 0 Å². The number of carboxylic acids is 1. The van der Waals surface area contributed by atoms with Crippen molar-refractivity contribution in [1.29, 1.82) is 0 Å². The summed E-state index contributed by atoms with van der Waals surface area (Å²) in [7, 11) is 0. The zero-order valence-electron chi connectivity index (χ0n) is 8.45. The summed E-state index contributed by atoms with van der Waals surface area (Å²) in [6.07, 6.45) is 1.40. The molecule has 0 spiro atoms. The van der Waals surface area contributed by atoms with E-state index >= 15 is 0 Å². The van der Waals surface area contributed by atoms with Gasteiger partial charge in [0.05, 0.1) is 12.7 Å². The number of nitrogens with one attached hydrogen (secondary N) is 1. The number of nitrogens with zero attached hydrogens (tertiary/aromatic N) is 2. The quantitative estimate of drug-likeness (QED) is 0.729. The van der Waals surface area contributed by atoms with E-state index in [-0.39, 0.29) is 5.69 Å². The highest BCUT2D eigenvalue weighted by Gasteiger charge is 2.13. The molecule has 1 heterocycles. The van der Waals surface area contributed by atoms with Crippen molar-refractivity contribution in [3.63, 3.8) is 0 Å². The third-order valence-electron chi connectivity index (χ3n) is 2.01. The molecule has 0 saturated heterocycles. The third-order valence-corrected chi connectivity index (χ3v) is 2.01. The van der Waals surface area contributed by atoms with Crippen molar-refractivity contribution in [3.05, 3.63) is 17.7 Å². The average Bonchev–Trinajstić information content (AvgIpc) is 2.57. The lowest BCUT2D eigenvalue weighted by Crippen LogP contribution is -2.18. The number of aromatic nitrogens is 2. The van der Waals surface area contributed by atoms with Gasteiger partial charge in [0.15, 0.2) is 0 Å². The molecule has 0 saturated carbocycles. The maximum absolute atomic E-state index is 10.8. The minimum Gasteiger partial charge on any atom is -0.477 e. The van der Waals surface area contributed by atoms with Crippen LogP contribution in [0.4, 0.5) is 0 Å². The van der Waals surface area contributed by atoms with E-state index in [0.29, 0.717) is 13.1 Å². The Kier molecular flexibility index (Phi) is 3.64. The number of rotatable bonds is 5. The van der Waals surface area contributed by atoms with Crippen LogP contribution in [0.15, 0.2) is 6.20 Å². The van der Waals surface area contributed by atoms with Crippen molar-refractivity contribution < 1.29 is 9.90 Å². The number of carboxylic acid groups (broad SMARTS) is 1. The molecule has 1 aromatic rings. The number of carbonyl (C=O) groups is 1. The van der Waals surface area contributed by atoms with Crippen molar-refractivity contribution in [2.24, 2.45) is 0 Å². The SMILES string of the molecule is CCNCc1ncc(C(=O)O)n1CC. The largest absolute Gasteiger partial charge is 0.477 e. The summed E-state index contributed by atoms with van der Waals surface area (Å²) in [4.78, 5) is 14.9. The van der Waals surface area contributed by atoms with E-state index in [1.807, 2.05) is 13.8 Å². The standard InChI is InChI=1S/C9H15N3O2/c1-3-10-6-8-11-5-7(9(13)14)12(8)4-2/h5,10H,3-4,6H2,1-2H3,(H,13,14). The fraction of sp³-hybridized carbons (Fsp3) is 0.556. The predicted molar refractivity (Wildman–Crippen MR) is 52.2 cm³/mol. The topological polar surface area (TPSA) is 67.2 Å². The fourth-order valence-corrected chi connectivity index (χ4v) is 1.32. The van der Waals surface area contributed by atoms with Crippen LogP contribution >= 0.6 is 0 Å². The molecule has 0 aliphatic heterocycles. The molecule has 5 heteroatoms. The molecule has 14 heavy (non-hydrogen) atoms. The summed E-state index contributed by atoms with van der Waals surface area (Å²) in [5.41, 5.74) is 0.250. The monoisotopic (exact) mass is 197 g/mol. The van der Waals surface area contributed by atoms with E-state index in [1.165, 1.54) is 6.20 Å². The van der Waals surface area contributed by atoms with Crippen molar-refractivity contribution in [1.82, 2.24) is 14.9 Å². The molecule has 1 aromatic heterocycles.